The maximum Gasteiger partial charge on any atom is 0.320 e. The Morgan fingerprint density at radius 1 is 1.27 bits per heavy atom. The summed E-state index contributed by atoms with van der Waals surface area (Å²) in [6, 6.07) is 11.0. The molecule has 37 heavy (non-hydrogen) atoms. The van der Waals surface area contributed by atoms with E-state index >= 15 is 0 Å². The third-order valence-corrected chi connectivity index (χ3v) is 5.63. The zero-order valence-corrected chi connectivity index (χ0v) is 20.4. The minimum Gasteiger partial charge on any atom is -0.466 e. The Bertz CT molecular complexity index is 1240. The monoisotopic (exact) mass is 513 g/mol. The number of nitrogens with zero attached hydrogens (tertiary/aromatic N) is 4. The van der Waals surface area contributed by atoms with Crippen LogP contribution in [0.15, 0.2) is 48.7 Å². The molecule has 1 aliphatic heterocycles. The van der Waals surface area contributed by atoms with Crippen LogP contribution in [-0.4, -0.2) is 71.2 Å². The van der Waals surface area contributed by atoms with Crippen LogP contribution in [0.3, 0.4) is 0 Å². The number of pyridine rings is 1. The molecule has 13 heteroatoms. The third kappa shape index (κ3) is 6.39. The summed E-state index contributed by atoms with van der Waals surface area (Å²) in [5.74, 6) is -0.813. The lowest BCUT2D eigenvalue weighted by molar-refractivity contribution is -0.154. The highest BCUT2D eigenvalue weighted by Gasteiger charge is 2.37. The Morgan fingerprint density at radius 2 is 2.05 bits per heavy atom. The van der Waals surface area contributed by atoms with Gasteiger partial charge in [-0.15, -0.1) is 5.10 Å². The van der Waals surface area contributed by atoms with Gasteiger partial charge in [0.05, 0.1) is 23.9 Å². The second-order valence-corrected chi connectivity index (χ2v) is 8.30. The smallest absolute Gasteiger partial charge is 0.320 e. The van der Waals surface area contributed by atoms with Gasteiger partial charge < -0.3 is 20.5 Å². The zero-order chi connectivity index (χ0) is 26.4. The summed E-state index contributed by atoms with van der Waals surface area (Å²) < 4.78 is 25.9. The fraction of sp³-hybridized carbons (Fsp3) is 0.333. The fourth-order valence-electron chi connectivity index (χ4n) is 3.91. The van der Waals surface area contributed by atoms with Gasteiger partial charge in [0.1, 0.15) is 11.9 Å². The van der Waals surface area contributed by atoms with Gasteiger partial charge >= 0.3 is 6.03 Å². The van der Waals surface area contributed by atoms with Crippen molar-refractivity contribution in [3.05, 3.63) is 65.7 Å². The summed E-state index contributed by atoms with van der Waals surface area (Å²) >= 11 is 0. The molecular weight excluding hydrogens is 485 g/mol. The lowest BCUT2D eigenvalue weighted by Crippen LogP contribution is -2.42. The number of methoxy groups -OCH3 is 1. The summed E-state index contributed by atoms with van der Waals surface area (Å²) in [6.45, 7) is 2.56. The number of amides is 3. The predicted octanol–water partition coefficient (Wildman–Crippen LogP) is 1.70. The summed E-state index contributed by atoms with van der Waals surface area (Å²) in [5, 5.41) is 11.8. The molecular formula is C24H28FN7O5. The van der Waals surface area contributed by atoms with Gasteiger partial charge in [0.2, 0.25) is 11.8 Å². The van der Waals surface area contributed by atoms with E-state index in [-0.39, 0.29) is 12.5 Å². The van der Waals surface area contributed by atoms with Crippen LogP contribution >= 0.6 is 0 Å². The topological polar surface area (TPSA) is 146 Å². The quantitative estimate of drug-likeness (QED) is 0.347. The first-order valence-corrected chi connectivity index (χ1v) is 11.5. The molecule has 12 nitrogen and oxygen atoms in total. The van der Waals surface area contributed by atoms with Crippen LogP contribution < -0.4 is 21.1 Å². The number of hydroxylamine groups is 2. The molecule has 0 saturated carbocycles. The average molecular weight is 514 g/mol. The number of hydrogen-bond donors (Lipinski definition) is 3. The molecule has 0 bridgehead atoms. The second-order valence-electron chi connectivity index (χ2n) is 8.30. The van der Waals surface area contributed by atoms with Crippen molar-refractivity contribution >= 4 is 17.8 Å². The van der Waals surface area contributed by atoms with Crippen molar-refractivity contribution < 1.29 is 28.3 Å². The number of carbonyl (C=O) groups excluding carboxylic acids is 2. The number of hydrogen-bond acceptors (Lipinski definition) is 8. The Labute approximate surface area is 212 Å². The number of nitrogens with one attached hydrogen (secondary N) is 2. The zero-order valence-electron chi connectivity index (χ0n) is 20.4. The highest BCUT2D eigenvalue weighted by atomic mass is 19.1. The first kappa shape index (κ1) is 26.0. The van der Waals surface area contributed by atoms with E-state index in [1.165, 1.54) is 16.9 Å². The SMILES string of the molecule is COCCN1C[C@@H](NC(=O)Nc2c(C)c(OCC(N)=O)nn2-c2ccccc2)[C@H](c2ccnc(F)c2)O1. The van der Waals surface area contributed by atoms with Crippen molar-refractivity contribution in [2.75, 3.05) is 38.7 Å². The van der Waals surface area contributed by atoms with Gasteiger partial charge in [-0.05, 0) is 36.8 Å². The van der Waals surface area contributed by atoms with E-state index in [9.17, 15) is 14.0 Å². The van der Waals surface area contributed by atoms with Crippen LogP contribution in [0.5, 0.6) is 5.88 Å². The second kappa shape index (κ2) is 11.8. The highest BCUT2D eigenvalue weighted by Crippen LogP contribution is 2.31. The van der Waals surface area contributed by atoms with Gasteiger partial charge in [0, 0.05) is 26.4 Å². The number of ether oxygens (including phenoxy) is 2. The first-order chi connectivity index (χ1) is 17.9. The molecule has 1 aliphatic rings. The number of benzene rings is 1. The summed E-state index contributed by atoms with van der Waals surface area (Å²) in [4.78, 5) is 34.0. The minimum atomic E-state index is -0.654. The molecule has 1 aromatic carbocycles. The van der Waals surface area contributed by atoms with Gasteiger partial charge in [-0.25, -0.2) is 14.5 Å². The van der Waals surface area contributed by atoms with Crippen LogP contribution in [0.4, 0.5) is 15.0 Å². The molecule has 3 aromatic rings. The number of rotatable bonds is 10. The van der Waals surface area contributed by atoms with Crippen LogP contribution in [0, 0.1) is 12.9 Å². The van der Waals surface area contributed by atoms with Gasteiger partial charge in [-0.2, -0.15) is 9.45 Å². The van der Waals surface area contributed by atoms with Crippen molar-refractivity contribution in [3.8, 4) is 11.6 Å². The molecule has 0 aliphatic carbocycles. The lowest BCUT2D eigenvalue weighted by atomic mass is 10.0. The average Bonchev–Trinajstić information content (AvgIpc) is 3.42. The van der Waals surface area contributed by atoms with E-state index in [0.717, 1.165) is 0 Å². The van der Waals surface area contributed by atoms with Crippen LogP contribution in [-0.2, 0) is 14.4 Å². The Morgan fingerprint density at radius 3 is 2.76 bits per heavy atom. The van der Waals surface area contributed by atoms with Crippen molar-refractivity contribution in [3.63, 3.8) is 0 Å². The number of nitrogens with two attached hydrogens (primary N) is 1. The van der Waals surface area contributed by atoms with Crippen molar-refractivity contribution in [2.45, 2.75) is 19.1 Å². The Kier molecular flexibility index (Phi) is 8.28. The van der Waals surface area contributed by atoms with Crippen LogP contribution in [0.1, 0.15) is 17.2 Å². The molecule has 4 rings (SSSR count). The van der Waals surface area contributed by atoms with E-state index in [1.807, 2.05) is 18.2 Å². The predicted molar refractivity (Wildman–Crippen MR) is 130 cm³/mol. The lowest BCUT2D eigenvalue weighted by Gasteiger charge is -2.19. The van der Waals surface area contributed by atoms with Crippen LogP contribution in [0.25, 0.3) is 5.69 Å². The number of primary amides is 1. The van der Waals surface area contributed by atoms with E-state index in [2.05, 4.69) is 20.7 Å². The number of halogens is 1. The van der Waals surface area contributed by atoms with Gasteiger partial charge in [0.25, 0.3) is 5.91 Å². The summed E-state index contributed by atoms with van der Waals surface area (Å²) in [7, 11) is 1.58. The minimum absolute atomic E-state index is 0.151. The molecule has 2 aromatic heterocycles. The molecule has 2 atom stereocenters. The first-order valence-electron chi connectivity index (χ1n) is 11.5. The maximum atomic E-state index is 13.8. The number of anilines is 1. The molecule has 0 spiro atoms. The molecule has 196 valence electrons. The van der Waals surface area contributed by atoms with Crippen molar-refractivity contribution in [1.29, 1.82) is 0 Å². The van der Waals surface area contributed by atoms with Gasteiger partial charge in [0.15, 0.2) is 6.61 Å². The third-order valence-electron chi connectivity index (χ3n) is 5.63. The number of para-hydroxylation sites is 1. The highest BCUT2D eigenvalue weighted by molar-refractivity contribution is 5.90. The Hall–Kier alpha value is -4.07. The fourth-order valence-corrected chi connectivity index (χ4v) is 3.91. The summed E-state index contributed by atoms with van der Waals surface area (Å²) in [5.41, 5.74) is 6.89. The van der Waals surface area contributed by atoms with E-state index in [0.29, 0.717) is 42.3 Å². The number of carbonyl (C=O) groups is 2. The van der Waals surface area contributed by atoms with Crippen molar-refractivity contribution in [1.82, 2.24) is 25.1 Å². The molecule has 0 radical (unpaired) electrons. The maximum absolute atomic E-state index is 13.8. The standard InChI is InChI=1S/C24H28FN7O5/c1-15-22(32(17-6-4-3-5-7-17)30-23(15)36-14-20(26)33)29-24(34)28-18-13-31(10-11-35-2)37-21(18)16-8-9-27-19(25)12-16/h3-9,12,18,21H,10-11,13-14H2,1-2H3,(H2,26,33)(H2,28,29,34)/t18-,21+/m1/s1. The molecule has 1 fully saturated rings. The van der Waals surface area contributed by atoms with E-state index < -0.39 is 30.0 Å². The molecule has 0 unspecified atom stereocenters. The normalized spacial score (nSPS) is 17.5. The molecule has 1 saturated heterocycles. The molecule has 4 N–H and O–H groups in total. The molecule has 3 amide bonds. The molecule has 3 heterocycles. The van der Waals surface area contributed by atoms with E-state index in [4.69, 9.17) is 20.0 Å². The van der Waals surface area contributed by atoms with Crippen LogP contribution in [0.2, 0.25) is 0 Å². The number of aromatic nitrogens is 3. The van der Waals surface area contributed by atoms with Crippen molar-refractivity contribution in [2.24, 2.45) is 5.73 Å². The number of urea groups is 1. The van der Waals surface area contributed by atoms with E-state index in [1.54, 1.807) is 37.3 Å². The Balaban J connectivity index is 1.56. The van der Waals surface area contributed by atoms with Gasteiger partial charge in [-0.3, -0.25) is 14.9 Å². The van der Waals surface area contributed by atoms with Gasteiger partial charge in [-0.1, -0.05) is 18.2 Å². The summed E-state index contributed by atoms with van der Waals surface area (Å²) in [6.07, 6.45) is 0.702. The largest absolute Gasteiger partial charge is 0.466 e.